The minimum atomic E-state index is -2.69. The highest BCUT2D eigenvalue weighted by molar-refractivity contribution is 7.11. The van der Waals surface area contributed by atoms with Gasteiger partial charge in [0, 0.05) is 65.4 Å². The summed E-state index contributed by atoms with van der Waals surface area (Å²) in [7, 11) is 0. The molecule has 31 heavy (non-hydrogen) atoms. The number of nitrogens with one attached hydrogen (secondary N) is 1. The van der Waals surface area contributed by atoms with Gasteiger partial charge in [-0.25, -0.2) is 18.2 Å². The SMILES string of the molecule is C=C(N)c1cc(NC(=C)c2cc3ccc(F)cc3nc2N2CCCC(F)(F)CC2)cs1. The number of anilines is 2. The molecular formula is C23H23F3N4S. The van der Waals surface area contributed by atoms with Crippen LogP contribution in [-0.4, -0.2) is 24.0 Å². The molecule has 1 aromatic carbocycles. The number of nitrogens with two attached hydrogens (primary N) is 1. The smallest absolute Gasteiger partial charge is 0.249 e. The molecule has 0 aliphatic carbocycles. The zero-order valence-electron chi connectivity index (χ0n) is 16.9. The van der Waals surface area contributed by atoms with E-state index in [0.29, 0.717) is 41.3 Å². The first-order valence-electron chi connectivity index (χ1n) is 9.94. The van der Waals surface area contributed by atoms with Crippen LogP contribution in [0.4, 0.5) is 24.7 Å². The Labute approximate surface area is 182 Å². The molecule has 0 spiro atoms. The van der Waals surface area contributed by atoms with E-state index in [4.69, 9.17) is 5.73 Å². The Bertz CT molecular complexity index is 1150. The number of alkyl halides is 2. The molecule has 4 nitrogen and oxygen atoms in total. The Hall–Kier alpha value is -3.00. The fraction of sp³-hybridized carbons (Fsp3) is 0.261. The summed E-state index contributed by atoms with van der Waals surface area (Å²) in [5, 5.41) is 5.89. The van der Waals surface area contributed by atoms with Crippen molar-refractivity contribution in [2.24, 2.45) is 5.73 Å². The molecule has 1 saturated heterocycles. The average Bonchev–Trinajstić information content (AvgIpc) is 3.10. The van der Waals surface area contributed by atoms with Crippen LogP contribution in [0.5, 0.6) is 0 Å². The minimum absolute atomic E-state index is 0.152. The summed E-state index contributed by atoms with van der Waals surface area (Å²) in [6.07, 6.45) is -0.0513. The van der Waals surface area contributed by atoms with Crippen molar-refractivity contribution in [1.29, 1.82) is 0 Å². The number of benzene rings is 1. The molecule has 1 aliphatic rings. The van der Waals surface area contributed by atoms with Crippen molar-refractivity contribution in [2.75, 3.05) is 23.3 Å². The van der Waals surface area contributed by atoms with Crippen LogP contribution in [0.15, 0.2) is 48.9 Å². The van der Waals surface area contributed by atoms with E-state index >= 15 is 0 Å². The van der Waals surface area contributed by atoms with Gasteiger partial charge in [0.05, 0.1) is 10.4 Å². The number of pyridine rings is 1. The highest BCUT2D eigenvalue weighted by atomic mass is 32.1. The lowest BCUT2D eigenvalue weighted by Gasteiger charge is -2.25. The largest absolute Gasteiger partial charge is 0.398 e. The van der Waals surface area contributed by atoms with Gasteiger partial charge < -0.3 is 16.0 Å². The van der Waals surface area contributed by atoms with Gasteiger partial charge in [-0.1, -0.05) is 13.2 Å². The maximum Gasteiger partial charge on any atom is 0.249 e. The highest BCUT2D eigenvalue weighted by Gasteiger charge is 2.32. The monoisotopic (exact) mass is 444 g/mol. The van der Waals surface area contributed by atoms with Crippen LogP contribution in [-0.2, 0) is 0 Å². The number of halogens is 3. The Kier molecular flexibility index (Phi) is 5.66. The second-order valence-corrected chi connectivity index (χ2v) is 8.63. The summed E-state index contributed by atoms with van der Waals surface area (Å²) in [5.41, 5.74) is 8.75. The van der Waals surface area contributed by atoms with Crippen LogP contribution in [0.3, 0.4) is 0 Å². The van der Waals surface area contributed by atoms with E-state index in [9.17, 15) is 13.2 Å². The topological polar surface area (TPSA) is 54.2 Å². The minimum Gasteiger partial charge on any atom is -0.398 e. The van der Waals surface area contributed by atoms with Crippen LogP contribution in [0.25, 0.3) is 22.3 Å². The zero-order chi connectivity index (χ0) is 22.2. The second-order valence-electron chi connectivity index (χ2n) is 7.72. The number of hydrogen-bond acceptors (Lipinski definition) is 5. The summed E-state index contributed by atoms with van der Waals surface area (Å²) in [6.45, 7) is 8.51. The lowest BCUT2D eigenvalue weighted by atomic mass is 10.1. The molecule has 1 fully saturated rings. The number of aromatic nitrogens is 1. The standard InChI is InChI=1S/C23H23F3N4S/c1-14(27)21-12-18(13-31-21)28-15(2)19-10-16-4-5-17(24)11-20(16)29-22(19)30-8-3-6-23(25,26)7-9-30/h4-5,10-13,28H,1-3,6-9,27H2. The third kappa shape index (κ3) is 4.69. The summed E-state index contributed by atoms with van der Waals surface area (Å²) >= 11 is 1.45. The van der Waals surface area contributed by atoms with E-state index in [1.165, 1.54) is 23.5 Å². The van der Waals surface area contributed by atoms with Crippen LogP contribution in [0.2, 0.25) is 0 Å². The molecular weight excluding hydrogens is 421 g/mol. The third-order valence-corrected chi connectivity index (χ3v) is 6.32. The second kappa shape index (κ2) is 8.26. The fourth-order valence-electron chi connectivity index (χ4n) is 3.68. The predicted molar refractivity (Wildman–Crippen MR) is 123 cm³/mol. The number of nitrogens with zero attached hydrogens (tertiary/aromatic N) is 2. The quantitative estimate of drug-likeness (QED) is 0.501. The number of fused-ring (bicyclic) bond motifs is 1. The predicted octanol–water partition coefficient (Wildman–Crippen LogP) is 6.07. The summed E-state index contributed by atoms with van der Waals surface area (Å²) in [6, 6.07) is 8.10. The molecule has 0 unspecified atom stereocenters. The van der Waals surface area contributed by atoms with E-state index in [0.717, 1.165) is 16.0 Å². The van der Waals surface area contributed by atoms with Gasteiger partial charge in [-0.05, 0) is 30.7 Å². The maximum absolute atomic E-state index is 13.9. The van der Waals surface area contributed by atoms with Crippen molar-refractivity contribution in [2.45, 2.75) is 25.2 Å². The number of hydrogen-bond donors (Lipinski definition) is 2. The van der Waals surface area contributed by atoms with E-state index in [-0.39, 0.29) is 19.4 Å². The van der Waals surface area contributed by atoms with Gasteiger partial charge in [0.25, 0.3) is 0 Å². The lowest BCUT2D eigenvalue weighted by Crippen LogP contribution is -2.28. The van der Waals surface area contributed by atoms with Gasteiger partial charge in [-0.3, -0.25) is 0 Å². The highest BCUT2D eigenvalue weighted by Crippen LogP contribution is 2.35. The van der Waals surface area contributed by atoms with Gasteiger partial charge in [0.15, 0.2) is 0 Å². The van der Waals surface area contributed by atoms with Crippen molar-refractivity contribution in [1.82, 2.24) is 4.98 Å². The van der Waals surface area contributed by atoms with Crippen molar-refractivity contribution in [3.8, 4) is 0 Å². The summed E-state index contributed by atoms with van der Waals surface area (Å²) in [5.74, 6) is -2.57. The maximum atomic E-state index is 13.9. The molecule has 1 aliphatic heterocycles. The first kappa shape index (κ1) is 21.2. The molecule has 3 aromatic rings. The van der Waals surface area contributed by atoms with Crippen LogP contribution < -0.4 is 16.0 Å². The molecule has 3 heterocycles. The molecule has 0 radical (unpaired) electrons. The molecule has 3 N–H and O–H groups in total. The molecule has 0 saturated carbocycles. The first-order valence-corrected chi connectivity index (χ1v) is 10.8. The molecule has 0 bridgehead atoms. The normalized spacial score (nSPS) is 16.2. The van der Waals surface area contributed by atoms with E-state index in [1.807, 2.05) is 22.4 Å². The summed E-state index contributed by atoms with van der Waals surface area (Å²) in [4.78, 5) is 7.34. The molecule has 162 valence electrons. The van der Waals surface area contributed by atoms with Crippen LogP contribution in [0, 0.1) is 5.82 Å². The Morgan fingerprint density at radius 2 is 1.97 bits per heavy atom. The molecule has 0 amide bonds. The number of rotatable bonds is 5. The van der Waals surface area contributed by atoms with E-state index in [2.05, 4.69) is 23.5 Å². The lowest BCUT2D eigenvalue weighted by molar-refractivity contribution is -0.0102. The van der Waals surface area contributed by atoms with E-state index in [1.54, 1.807) is 6.07 Å². The Morgan fingerprint density at radius 1 is 1.16 bits per heavy atom. The van der Waals surface area contributed by atoms with Crippen LogP contribution >= 0.6 is 11.3 Å². The van der Waals surface area contributed by atoms with Crippen LogP contribution in [0.1, 0.15) is 29.7 Å². The van der Waals surface area contributed by atoms with Gasteiger partial charge in [0.2, 0.25) is 5.92 Å². The van der Waals surface area contributed by atoms with E-state index < -0.39 is 11.7 Å². The average molecular weight is 445 g/mol. The fourth-order valence-corrected chi connectivity index (χ4v) is 4.41. The van der Waals surface area contributed by atoms with Gasteiger partial charge in [-0.2, -0.15) is 0 Å². The van der Waals surface area contributed by atoms with Gasteiger partial charge in [-0.15, -0.1) is 11.3 Å². The van der Waals surface area contributed by atoms with Crippen molar-refractivity contribution in [3.05, 3.63) is 65.1 Å². The Balaban J connectivity index is 1.72. The number of thiophene rings is 1. The summed E-state index contributed by atoms with van der Waals surface area (Å²) < 4.78 is 41.7. The third-order valence-electron chi connectivity index (χ3n) is 5.31. The van der Waals surface area contributed by atoms with Gasteiger partial charge >= 0.3 is 0 Å². The van der Waals surface area contributed by atoms with Crippen molar-refractivity contribution in [3.63, 3.8) is 0 Å². The molecule has 2 aromatic heterocycles. The molecule has 4 rings (SSSR count). The Morgan fingerprint density at radius 3 is 2.71 bits per heavy atom. The zero-order valence-corrected chi connectivity index (χ0v) is 17.7. The molecule has 8 heteroatoms. The molecule has 0 atom stereocenters. The van der Waals surface area contributed by atoms with Gasteiger partial charge in [0.1, 0.15) is 11.6 Å². The van der Waals surface area contributed by atoms with Crippen molar-refractivity contribution >= 4 is 45.1 Å². The first-order chi connectivity index (χ1) is 14.7. The van der Waals surface area contributed by atoms with Crippen molar-refractivity contribution < 1.29 is 13.2 Å².